The standard InChI is InChI=1S/C23H26N4O3/c1-13(30-5)8-19-21-20(26-22(28)27(21)4)17-10-14(6-7-18(17)25-19)15-9-16(12-24-11-15)23(2,3)29/h6-7,9-13,29H,8H2,1-5H3,(H,26,28)/t13-/m0/s1. The lowest BCUT2D eigenvalue weighted by molar-refractivity contribution is 0.0783. The topological polar surface area (TPSA) is 93.0 Å². The lowest BCUT2D eigenvalue weighted by Crippen LogP contribution is -2.15. The van der Waals surface area contributed by atoms with Gasteiger partial charge in [-0.05, 0) is 44.5 Å². The fourth-order valence-electron chi connectivity index (χ4n) is 3.69. The molecule has 7 nitrogen and oxygen atoms in total. The Kier molecular flexibility index (Phi) is 4.95. The Morgan fingerprint density at radius 1 is 1.23 bits per heavy atom. The first-order chi connectivity index (χ1) is 14.2. The molecular weight excluding hydrogens is 380 g/mol. The molecule has 30 heavy (non-hydrogen) atoms. The van der Waals surface area contributed by atoms with Gasteiger partial charge in [-0.3, -0.25) is 14.5 Å². The molecule has 0 saturated carbocycles. The van der Waals surface area contributed by atoms with Gasteiger partial charge in [0.2, 0.25) is 0 Å². The fourth-order valence-corrected chi connectivity index (χ4v) is 3.69. The van der Waals surface area contributed by atoms with E-state index in [0.29, 0.717) is 6.42 Å². The first-order valence-corrected chi connectivity index (χ1v) is 9.91. The summed E-state index contributed by atoms with van der Waals surface area (Å²) in [6, 6.07) is 7.88. The van der Waals surface area contributed by atoms with Crippen molar-refractivity contribution >= 4 is 21.9 Å². The third kappa shape index (κ3) is 3.51. The summed E-state index contributed by atoms with van der Waals surface area (Å²) in [6.07, 6.45) is 4.03. The van der Waals surface area contributed by atoms with Gasteiger partial charge in [0.05, 0.1) is 33.9 Å². The average molecular weight is 406 g/mol. The lowest BCUT2D eigenvalue weighted by Gasteiger charge is -2.18. The van der Waals surface area contributed by atoms with E-state index in [-0.39, 0.29) is 11.8 Å². The first-order valence-electron chi connectivity index (χ1n) is 9.91. The van der Waals surface area contributed by atoms with E-state index in [9.17, 15) is 9.90 Å². The number of benzene rings is 1. The van der Waals surface area contributed by atoms with Crippen LogP contribution in [-0.4, -0.2) is 37.8 Å². The molecule has 4 aromatic rings. The summed E-state index contributed by atoms with van der Waals surface area (Å²) >= 11 is 0. The van der Waals surface area contributed by atoms with Gasteiger partial charge in [-0.1, -0.05) is 6.07 Å². The van der Waals surface area contributed by atoms with Gasteiger partial charge in [0, 0.05) is 49.5 Å². The van der Waals surface area contributed by atoms with E-state index < -0.39 is 5.60 Å². The molecule has 0 unspecified atom stereocenters. The number of rotatable bonds is 5. The normalized spacial score (nSPS) is 13.3. The number of methoxy groups -OCH3 is 1. The number of aromatic amines is 1. The molecule has 0 radical (unpaired) electrons. The monoisotopic (exact) mass is 406 g/mol. The highest BCUT2D eigenvalue weighted by molar-refractivity contribution is 6.04. The highest BCUT2D eigenvalue weighted by atomic mass is 16.5. The Balaban J connectivity index is 1.94. The number of ether oxygens (including phenoxy) is 1. The van der Waals surface area contributed by atoms with E-state index >= 15 is 0 Å². The zero-order valence-electron chi connectivity index (χ0n) is 17.9. The van der Waals surface area contributed by atoms with Gasteiger partial charge in [0.25, 0.3) is 0 Å². The Labute approximate surface area is 174 Å². The Morgan fingerprint density at radius 2 is 2.00 bits per heavy atom. The van der Waals surface area contributed by atoms with Gasteiger partial charge >= 0.3 is 5.69 Å². The highest BCUT2D eigenvalue weighted by Crippen LogP contribution is 2.31. The molecule has 3 heterocycles. The molecule has 1 atom stereocenters. The number of aryl methyl sites for hydroxylation is 1. The lowest BCUT2D eigenvalue weighted by atomic mass is 9.96. The summed E-state index contributed by atoms with van der Waals surface area (Å²) in [7, 11) is 3.41. The molecule has 0 fully saturated rings. The molecule has 0 aliphatic carbocycles. The summed E-state index contributed by atoms with van der Waals surface area (Å²) in [5, 5.41) is 11.2. The third-order valence-electron chi connectivity index (χ3n) is 5.56. The van der Waals surface area contributed by atoms with Crippen LogP contribution >= 0.6 is 0 Å². The maximum Gasteiger partial charge on any atom is 0.326 e. The van der Waals surface area contributed by atoms with E-state index in [1.807, 2.05) is 31.2 Å². The van der Waals surface area contributed by atoms with Crippen LogP contribution in [0.3, 0.4) is 0 Å². The van der Waals surface area contributed by atoms with E-state index in [1.165, 1.54) is 0 Å². The smallest absolute Gasteiger partial charge is 0.326 e. The minimum absolute atomic E-state index is 0.0157. The summed E-state index contributed by atoms with van der Waals surface area (Å²) in [5.74, 6) is 0. The number of hydrogen-bond acceptors (Lipinski definition) is 5. The van der Waals surface area contributed by atoms with Crippen LogP contribution in [0.25, 0.3) is 33.1 Å². The van der Waals surface area contributed by atoms with Crippen LogP contribution in [0.4, 0.5) is 0 Å². The first kappa shape index (κ1) is 20.3. The number of pyridine rings is 2. The number of aromatic nitrogens is 4. The SMILES string of the molecule is CO[C@@H](C)Cc1nc2ccc(-c3cncc(C(C)(C)O)c3)cc2c2[nH]c(=O)n(C)c12. The van der Waals surface area contributed by atoms with Crippen LogP contribution in [0.2, 0.25) is 0 Å². The van der Waals surface area contributed by atoms with Crippen LogP contribution < -0.4 is 5.69 Å². The number of fused-ring (bicyclic) bond motifs is 3. The number of imidazole rings is 1. The molecule has 0 bridgehead atoms. The summed E-state index contributed by atoms with van der Waals surface area (Å²) in [6.45, 7) is 5.45. The van der Waals surface area contributed by atoms with Crippen molar-refractivity contribution in [1.29, 1.82) is 0 Å². The predicted molar refractivity (Wildman–Crippen MR) is 117 cm³/mol. The molecule has 2 N–H and O–H groups in total. The molecule has 1 aromatic carbocycles. The van der Waals surface area contributed by atoms with Gasteiger partial charge in [0.1, 0.15) is 0 Å². The van der Waals surface area contributed by atoms with Crippen LogP contribution in [0.15, 0.2) is 41.5 Å². The molecule has 4 rings (SSSR count). The molecule has 0 aliphatic heterocycles. The van der Waals surface area contributed by atoms with Crippen molar-refractivity contribution in [2.75, 3.05) is 7.11 Å². The van der Waals surface area contributed by atoms with Crippen LogP contribution in [0.1, 0.15) is 32.0 Å². The Hall–Kier alpha value is -3.03. The average Bonchev–Trinajstić information content (AvgIpc) is 3.02. The molecule has 0 aliphatic rings. The van der Waals surface area contributed by atoms with E-state index in [1.54, 1.807) is 45.0 Å². The molecule has 0 spiro atoms. The molecule has 3 aromatic heterocycles. The largest absolute Gasteiger partial charge is 0.386 e. The number of nitrogens with zero attached hydrogens (tertiary/aromatic N) is 3. The van der Waals surface area contributed by atoms with Crippen LogP contribution in [-0.2, 0) is 23.8 Å². The van der Waals surface area contributed by atoms with E-state index in [0.717, 1.165) is 44.3 Å². The Morgan fingerprint density at radius 3 is 2.70 bits per heavy atom. The Bertz CT molecular complexity index is 1300. The third-order valence-corrected chi connectivity index (χ3v) is 5.56. The summed E-state index contributed by atoms with van der Waals surface area (Å²) in [4.78, 5) is 24.5. The molecule has 156 valence electrons. The van der Waals surface area contributed by atoms with Gasteiger partial charge in [0.15, 0.2) is 0 Å². The molecule has 7 heteroatoms. The van der Waals surface area contributed by atoms with Crippen LogP contribution in [0.5, 0.6) is 0 Å². The van der Waals surface area contributed by atoms with E-state index in [2.05, 4.69) is 9.97 Å². The maximum atomic E-state index is 12.4. The minimum atomic E-state index is -0.980. The highest BCUT2D eigenvalue weighted by Gasteiger charge is 2.19. The van der Waals surface area contributed by atoms with Crippen molar-refractivity contribution in [2.45, 2.75) is 38.9 Å². The quantitative estimate of drug-likeness (QED) is 0.531. The van der Waals surface area contributed by atoms with Crippen molar-refractivity contribution in [3.63, 3.8) is 0 Å². The van der Waals surface area contributed by atoms with Gasteiger partial charge in [-0.15, -0.1) is 0 Å². The van der Waals surface area contributed by atoms with Crippen molar-refractivity contribution < 1.29 is 9.84 Å². The predicted octanol–water partition coefficient (Wildman–Crippen LogP) is 3.28. The van der Waals surface area contributed by atoms with Crippen molar-refractivity contribution in [3.8, 4) is 11.1 Å². The minimum Gasteiger partial charge on any atom is -0.386 e. The number of H-pyrrole nitrogens is 1. The molecule has 0 saturated heterocycles. The second-order valence-electron chi connectivity index (χ2n) is 8.27. The molecular formula is C23H26N4O3. The number of aliphatic hydroxyl groups is 1. The van der Waals surface area contributed by atoms with E-state index in [4.69, 9.17) is 9.72 Å². The van der Waals surface area contributed by atoms with Gasteiger partial charge < -0.3 is 14.8 Å². The molecule has 0 amide bonds. The number of hydrogen-bond donors (Lipinski definition) is 2. The maximum absolute atomic E-state index is 12.4. The van der Waals surface area contributed by atoms with Crippen molar-refractivity contribution in [2.24, 2.45) is 7.05 Å². The second-order valence-corrected chi connectivity index (χ2v) is 8.27. The van der Waals surface area contributed by atoms with Gasteiger partial charge in [-0.2, -0.15) is 0 Å². The number of nitrogens with one attached hydrogen (secondary N) is 1. The fraction of sp³-hybridized carbons (Fsp3) is 0.348. The van der Waals surface area contributed by atoms with Crippen LogP contribution in [0, 0.1) is 0 Å². The van der Waals surface area contributed by atoms with Crippen molar-refractivity contribution in [3.05, 3.63) is 58.4 Å². The summed E-state index contributed by atoms with van der Waals surface area (Å²) in [5.41, 5.74) is 4.58. The zero-order chi connectivity index (χ0) is 21.6. The second kappa shape index (κ2) is 7.34. The summed E-state index contributed by atoms with van der Waals surface area (Å²) < 4.78 is 7.01. The van der Waals surface area contributed by atoms with Crippen molar-refractivity contribution in [1.82, 2.24) is 19.5 Å². The van der Waals surface area contributed by atoms with Gasteiger partial charge in [-0.25, -0.2) is 4.79 Å². The zero-order valence-corrected chi connectivity index (χ0v) is 17.9.